The highest BCUT2D eigenvalue weighted by atomic mass is 35.5. The number of benzene rings is 2. The lowest BCUT2D eigenvalue weighted by Gasteiger charge is -2.07. The van der Waals surface area contributed by atoms with E-state index in [-0.39, 0.29) is 0 Å². The van der Waals surface area contributed by atoms with Gasteiger partial charge in [-0.25, -0.2) is 0 Å². The van der Waals surface area contributed by atoms with Gasteiger partial charge in [0.15, 0.2) is 0 Å². The Kier molecular flexibility index (Phi) is 4.57. The average molecular weight is 299 g/mol. The van der Waals surface area contributed by atoms with Crippen LogP contribution in [0.4, 0.5) is 0 Å². The molecule has 0 aliphatic rings. The van der Waals surface area contributed by atoms with Gasteiger partial charge in [-0.15, -0.1) is 0 Å². The van der Waals surface area contributed by atoms with Crippen LogP contribution in [0.15, 0.2) is 52.3 Å². The van der Waals surface area contributed by atoms with Gasteiger partial charge in [-0.05, 0) is 42.8 Å². The summed E-state index contributed by atoms with van der Waals surface area (Å²) in [5, 5.41) is 10.8. The first-order valence-corrected chi connectivity index (χ1v) is 7.04. The van der Waals surface area contributed by atoms with Crippen LogP contribution in [0, 0.1) is 0 Å². The van der Waals surface area contributed by atoms with Crippen molar-refractivity contribution >= 4 is 35.0 Å². The highest BCUT2D eigenvalue weighted by Gasteiger charge is 2.05. The van der Waals surface area contributed by atoms with Crippen LogP contribution < -0.4 is 0 Å². The van der Waals surface area contributed by atoms with Gasteiger partial charge in [0.1, 0.15) is 0 Å². The molecule has 1 N–H and O–H groups in total. The SMILES string of the molecule is CC(O)c1ccc(Sc2cc(Cl)ccc2Cl)cc1. The molecule has 2 rings (SSSR count). The minimum atomic E-state index is -0.446. The summed E-state index contributed by atoms with van der Waals surface area (Å²) in [4.78, 5) is 1.98. The fraction of sp³-hybridized carbons (Fsp3) is 0.143. The van der Waals surface area contributed by atoms with Gasteiger partial charge in [-0.1, -0.05) is 47.1 Å². The lowest BCUT2D eigenvalue weighted by molar-refractivity contribution is 0.199. The Morgan fingerprint density at radius 1 is 1.06 bits per heavy atom. The van der Waals surface area contributed by atoms with Crippen LogP contribution in [0.25, 0.3) is 0 Å². The molecule has 2 aromatic carbocycles. The zero-order chi connectivity index (χ0) is 13.1. The Bertz CT molecular complexity index is 538. The van der Waals surface area contributed by atoms with Gasteiger partial charge < -0.3 is 5.11 Å². The van der Waals surface area contributed by atoms with Crippen LogP contribution in [0.2, 0.25) is 10.0 Å². The van der Waals surface area contributed by atoms with Crippen molar-refractivity contribution < 1.29 is 5.11 Å². The van der Waals surface area contributed by atoms with Crippen molar-refractivity contribution in [3.8, 4) is 0 Å². The zero-order valence-electron chi connectivity index (χ0n) is 9.73. The summed E-state index contributed by atoms with van der Waals surface area (Å²) in [5.41, 5.74) is 0.900. The highest BCUT2D eigenvalue weighted by molar-refractivity contribution is 7.99. The van der Waals surface area contributed by atoms with Crippen LogP contribution in [-0.2, 0) is 0 Å². The van der Waals surface area contributed by atoms with Gasteiger partial charge in [0, 0.05) is 14.8 Å². The van der Waals surface area contributed by atoms with Crippen molar-refractivity contribution in [2.45, 2.75) is 22.8 Å². The predicted molar refractivity (Wildman–Crippen MR) is 77.7 cm³/mol. The summed E-state index contributed by atoms with van der Waals surface area (Å²) in [6.45, 7) is 1.75. The maximum absolute atomic E-state index is 9.44. The van der Waals surface area contributed by atoms with Crippen molar-refractivity contribution in [3.63, 3.8) is 0 Å². The summed E-state index contributed by atoms with van der Waals surface area (Å²) in [5.74, 6) is 0. The smallest absolute Gasteiger partial charge is 0.0761 e. The van der Waals surface area contributed by atoms with Crippen LogP contribution >= 0.6 is 35.0 Å². The van der Waals surface area contributed by atoms with Crippen LogP contribution in [-0.4, -0.2) is 5.11 Å². The van der Waals surface area contributed by atoms with Crippen molar-refractivity contribution in [2.24, 2.45) is 0 Å². The zero-order valence-corrected chi connectivity index (χ0v) is 12.1. The third-order valence-corrected chi connectivity index (χ3v) is 4.23. The molecule has 0 aliphatic carbocycles. The molecule has 0 aliphatic heterocycles. The van der Waals surface area contributed by atoms with Gasteiger partial charge >= 0.3 is 0 Å². The Balaban J connectivity index is 2.21. The molecule has 0 spiro atoms. The summed E-state index contributed by atoms with van der Waals surface area (Å²) in [6.07, 6.45) is -0.446. The van der Waals surface area contributed by atoms with Gasteiger partial charge in [0.25, 0.3) is 0 Å². The molecule has 0 bridgehead atoms. The van der Waals surface area contributed by atoms with E-state index in [0.29, 0.717) is 10.0 Å². The van der Waals surface area contributed by atoms with Crippen molar-refractivity contribution in [3.05, 3.63) is 58.1 Å². The molecule has 1 nitrogen and oxygen atoms in total. The average Bonchev–Trinajstić information content (AvgIpc) is 2.34. The fourth-order valence-electron chi connectivity index (χ4n) is 1.50. The summed E-state index contributed by atoms with van der Waals surface area (Å²) in [6, 6.07) is 13.1. The third-order valence-electron chi connectivity index (χ3n) is 2.48. The molecule has 1 atom stereocenters. The first kappa shape index (κ1) is 13.8. The number of hydrogen-bond donors (Lipinski definition) is 1. The maximum atomic E-state index is 9.44. The van der Waals surface area contributed by atoms with Crippen LogP contribution in [0.5, 0.6) is 0 Å². The van der Waals surface area contributed by atoms with E-state index in [4.69, 9.17) is 23.2 Å². The van der Waals surface area contributed by atoms with Crippen molar-refractivity contribution in [1.29, 1.82) is 0 Å². The van der Waals surface area contributed by atoms with Crippen molar-refractivity contribution in [1.82, 2.24) is 0 Å². The topological polar surface area (TPSA) is 20.2 Å². The van der Waals surface area contributed by atoms with E-state index in [2.05, 4.69) is 0 Å². The molecule has 0 amide bonds. The quantitative estimate of drug-likeness (QED) is 0.840. The van der Waals surface area contributed by atoms with E-state index in [1.54, 1.807) is 30.8 Å². The van der Waals surface area contributed by atoms with Crippen LogP contribution in [0.3, 0.4) is 0 Å². The molecule has 0 fully saturated rings. The molecule has 0 radical (unpaired) electrons. The third kappa shape index (κ3) is 3.42. The molecule has 0 saturated heterocycles. The van der Waals surface area contributed by atoms with Crippen molar-refractivity contribution in [2.75, 3.05) is 0 Å². The molecule has 0 aromatic heterocycles. The van der Waals surface area contributed by atoms with Gasteiger partial charge in [0.2, 0.25) is 0 Å². The number of aliphatic hydroxyl groups is 1. The Labute approximate surface area is 121 Å². The molecule has 2 aromatic rings. The normalized spacial score (nSPS) is 12.4. The van der Waals surface area contributed by atoms with E-state index < -0.39 is 6.10 Å². The second-order valence-corrected chi connectivity index (χ2v) is 5.88. The molecule has 1 unspecified atom stereocenters. The van der Waals surface area contributed by atoms with Gasteiger partial charge in [-0.2, -0.15) is 0 Å². The second-order valence-electron chi connectivity index (χ2n) is 3.92. The summed E-state index contributed by atoms with van der Waals surface area (Å²) < 4.78 is 0. The Morgan fingerprint density at radius 3 is 2.33 bits per heavy atom. The lowest BCUT2D eigenvalue weighted by atomic mass is 10.1. The van der Waals surface area contributed by atoms with E-state index in [0.717, 1.165) is 15.4 Å². The van der Waals surface area contributed by atoms with E-state index >= 15 is 0 Å². The first-order valence-electron chi connectivity index (χ1n) is 5.47. The second kappa shape index (κ2) is 5.98. The Morgan fingerprint density at radius 2 is 1.72 bits per heavy atom. The molecular formula is C14H12Cl2OS. The molecule has 18 heavy (non-hydrogen) atoms. The number of rotatable bonds is 3. The van der Waals surface area contributed by atoms with Crippen LogP contribution in [0.1, 0.15) is 18.6 Å². The summed E-state index contributed by atoms with van der Waals surface area (Å²) >= 11 is 13.6. The minimum Gasteiger partial charge on any atom is -0.389 e. The maximum Gasteiger partial charge on any atom is 0.0761 e. The van der Waals surface area contributed by atoms with Gasteiger partial charge in [-0.3, -0.25) is 0 Å². The number of hydrogen-bond acceptors (Lipinski definition) is 2. The largest absolute Gasteiger partial charge is 0.389 e. The van der Waals surface area contributed by atoms with E-state index in [1.165, 1.54) is 0 Å². The number of aliphatic hydroxyl groups excluding tert-OH is 1. The highest BCUT2D eigenvalue weighted by Crippen LogP contribution is 2.35. The standard InChI is InChI=1S/C14H12Cl2OS/c1-9(17)10-2-5-12(6-3-10)18-14-8-11(15)4-7-13(14)16/h2-9,17H,1H3. The van der Waals surface area contributed by atoms with E-state index in [1.807, 2.05) is 30.3 Å². The van der Waals surface area contributed by atoms with Gasteiger partial charge in [0.05, 0.1) is 11.1 Å². The lowest BCUT2D eigenvalue weighted by Crippen LogP contribution is -1.89. The first-order chi connectivity index (χ1) is 8.56. The Hall–Kier alpha value is -0.670. The number of halogens is 2. The molecule has 94 valence electrons. The molecule has 0 saturated carbocycles. The monoisotopic (exact) mass is 298 g/mol. The minimum absolute atomic E-state index is 0.446. The molecule has 4 heteroatoms. The summed E-state index contributed by atoms with van der Waals surface area (Å²) in [7, 11) is 0. The molecular weight excluding hydrogens is 287 g/mol. The molecule has 0 heterocycles. The predicted octanol–water partition coefficient (Wildman–Crippen LogP) is 5.20. The van der Waals surface area contributed by atoms with E-state index in [9.17, 15) is 5.11 Å². The fourth-order valence-corrected chi connectivity index (χ4v) is 2.84.